The van der Waals surface area contributed by atoms with Crippen LogP contribution in [0.1, 0.15) is 19.3 Å². The smallest absolute Gasteiger partial charge is 0.252 e. The van der Waals surface area contributed by atoms with Crippen LogP contribution in [0.4, 0.5) is 0 Å². The number of hydrogen-bond donors (Lipinski definition) is 1. The highest BCUT2D eigenvalue weighted by Crippen LogP contribution is 2.17. The van der Waals surface area contributed by atoms with E-state index in [0.29, 0.717) is 26.4 Å². The molecule has 92 valence electrons. The minimum Gasteiger partial charge on any atom is -0.394 e. The van der Waals surface area contributed by atoms with E-state index in [9.17, 15) is 9.90 Å². The predicted molar refractivity (Wildman–Crippen MR) is 57.0 cm³/mol. The van der Waals surface area contributed by atoms with Crippen molar-refractivity contribution >= 4 is 5.91 Å². The third kappa shape index (κ3) is 2.53. The second-order valence-corrected chi connectivity index (χ2v) is 4.30. The van der Waals surface area contributed by atoms with Crippen LogP contribution in [0.15, 0.2) is 0 Å². The normalized spacial score (nSPS) is 31.4. The van der Waals surface area contributed by atoms with Gasteiger partial charge in [0.25, 0.3) is 5.91 Å². The zero-order valence-electron chi connectivity index (χ0n) is 9.43. The van der Waals surface area contributed by atoms with E-state index in [4.69, 9.17) is 9.47 Å². The summed E-state index contributed by atoms with van der Waals surface area (Å²) in [5.74, 6) is 0.0158. The summed E-state index contributed by atoms with van der Waals surface area (Å²) in [6.07, 6.45) is 2.58. The minimum atomic E-state index is -0.305. The Morgan fingerprint density at radius 3 is 2.94 bits per heavy atom. The Morgan fingerprint density at radius 2 is 2.25 bits per heavy atom. The van der Waals surface area contributed by atoms with Crippen LogP contribution in [0.5, 0.6) is 0 Å². The molecule has 16 heavy (non-hydrogen) atoms. The van der Waals surface area contributed by atoms with Crippen molar-refractivity contribution in [2.45, 2.75) is 31.4 Å². The van der Waals surface area contributed by atoms with Crippen molar-refractivity contribution in [2.75, 3.05) is 33.0 Å². The Labute approximate surface area is 95.3 Å². The van der Waals surface area contributed by atoms with E-state index in [2.05, 4.69) is 0 Å². The first-order valence-corrected chi connectivity index (χ1v) is 5.93. The standard InChI is InChI=1S/C11H19NO4/c13-7-9-8-15-6-4-12(9)11(14)10-3-1-2-5-16-10/h9-10,13H,1-8H2. The van der Waals surface area contributed by atoms with Crippen molar-refractivity contribution < 1.29 is 19.4 Å². The SMILES string of the molecule is O=C(C1CCCCO1)N1CCOCC1CO. The highest BCUT2D eigenvalue weighted by atomic mass is 16.5. The first kappa shape index (κ1) is 11.8. The fraction of sp³-hybridized carbons (Fsp3) is 0.909. The number of hydrogen-bond acceptors (Lipinski definition) is 4. The van der Waals surface area contributed by atoms with Gasteiger partial charge in [-0.3, -0.25) is 4.79 Å². The summed E-state index contributed by atoms with van der Waals surface area (Å²) in [7, 11) is 0. The molecule has 0 aromatic carbocycles. The molecule has 0 saturated carbocycles. The molecule has 0 aliphatic carbocycles. The molecule has 2 aliphatic heterocycles. The van der Waals surface area contributed by atoms with Crippen molar-refractivity contribution in [1.29, 1.82) is 0 Å². The topological polar surface area (TPSA) is 59.0 Å². The average molecular weight is 229 g/mol. The average Bonchev–Trinajstić information content (AvgIpc) is 2.39. The predicted octanol–water partition coefficient (Wildman–Crippen LogP) is -0.225. The Balaban J connectivity index is 1.95. The number of amides is 1. The molecule has 2 atom stereocenters. The van der Waals surface area contributed by atoms with Crippen molar-refractivity contribution in [2.24, 2.45) is 0 Å². The summed E-state index contributed by atoms with van der Waals surface area (Å²) in [5.41, 5.74) is 0. The monoisotopic (exact) mass is 229 g/mol. The molecule has 0 radical (unpaired) electrons. The van der Waals surface area contributed by atoms with Gasteiger partial charge in [0.15, 0.2) is 0 Å². The maximum atomic E-state index is 12.2. The number of rotatable bonds is 2. The molecular formula is C11H19NO4. The molecule has 2 fully saturated rings. The molecular weight excluding hydrogens is 210 g/mol. The molecule has 2 aliphatic rings. The molecule has 2 heterocycles. The number of morpholine rings is 1. The lowest BCUT2D eigenvalue weighted by Gasteiger charge is -2.37. The molecule has 0 aromatic rings. The van der Waals surface area contributed by atoms with E-state index in [1.54, 1.807) is 4.90 Å². The molecule has 0 spiro atoms. The van der Waals surface area contributed by atoms with Gasteiger partial charge in [0.1, 0.15) is 6.10 Å². The van der Waals surface area contributed by atoms with Crippen LogP contribution in [0.25, 0.3) is 0 Å². The van der Waals surface area contributed by atoms with Gasteiger partial charge in [-0.05, 0) is 19.3 Å². The molecule has 1 N–H and O–H groups in total. The summed E-state index contributed by atoms with van der Waals surface area (Å²) >= 11 is 0. The second-order valence-electron chi connectivity index (χ2n) is 4.30. The lowest BCUT2D eigenvalue weighted by atomic mass is 10.1. The molecule has 2 saturated heterocycles. The molecule has 5 nitrogen and oxygen atoms in total. The second kappa shape index (κ2) is 5.61. The third-order valence-electron chi connectivity index (χ3n) is 3.18. The molecule has 2 rings (SSSR count). The van der Waals surface area contributed by atoms with Crippen molar-refractivity contribution in [3.63, 3.8) is 0 Å². The summed E-state index contributed by atoms with van der Waals surface area (Å²) in [6, 6.07) is -0.202. The van der Waals surface area contributed by atoms with Crippen LogP contribution in [-0.4, -0.2) is 61.0 Å². The molecule has 1 amide bonds. The zero-order valence-corrected chi connectivity index (χ0v) is 9.43. The van der Waals surface area contributed by atoms with Crippen LogP contribution in [0.2, 0.25) is 0 Å². The van der Waals surface area contributed by atoms with Crippen LogP contribution < -0.4 is 0 Å². The Bertz CT molecular complexity index is 240. The van der Waals surface area contributed by atoms with Gasteiger partial charge < -0.3 is 19.5 Å². The zero-order chi connectivity index (χ0) is 11.4. The number of aliphatic hydroxyl groups excluding tert-OH is 1. The van der Waals surface area contributed by atoms with Crippen molar-refractivity contribution in [3.05, 3.63) is 0 Å². The molecule has 2 unspecified atom stereocenters. The van der Waals surface area contributed by atoms with E-state index >= 15 is 0 Å². The molecule has 0 bridgehead atoms. The van der Waals surface area contributed by atoms with E-state index in [1.807, 2.05) is 0 Å². The van der Waals surface area contributed by atoms with E-state index in [-0.39, 0.29) is 24.7 Å². The van der Waals surface area contributed by atoms with Gasteiger partial charge in [-0.15, -0.1) is 0 Å². The lowest BCUT2D eigenvalue weighted by molar-refractivity contribution is -0.156. The van der Waals surface area contributed by atoms with Crippen LogP contribution in [0.3, 0.4) is 0 Å². The van der Waals surface area contributed by atoms with Gasteiger partial charge in [0.2, 0.25) is 0 Å². The number of ether oxygens (including phenoxy) is 2. The van der Waals surface area contributed by atoms with E-state index in [1.165, 1.54) is 0 Å². The van der Waals surface area contributed by atoms with Gasteiger partial charge in [0.05, 0.1) is 25.9 Å². The maximum absolute atomic E-state index is 12.2. The van der Waals surface area contributed by atoms with Crippen LogP contribution in [-0.2, 0) is 14.3 Å². The highest BCUT2D eigenvalue weighted by molar-refractivity contribution is 5.81. The first-order valence-electron chi connectivity index (χ1n) is 5.93. The van der Waals surface area contributed by atoms with Crippen molar-refractivity contribution in [1.82, 2.24) is 4.90 Å². The summed E-state index contributed by atoms with van der Waals surface area (Å²) in [4.78, 5) is 13.9. The summed E-state index contributed by atoms with van der Waals surface area (Å²) in [6.45, 7) is 2.16. The number of aliphatic hydroxyl groups is 1. The Hall–Kier alpha value is -0.650. The largest absolute Gasteiger partial charge is 0.394 e. The fourth-order valence-corrected chi connectivity index (χ4v) is 2.22. The summed E-state index contributed by atoms with van der Waals surface area (Å²) in [5, 5.41) is 9.19. The minimum absolute atomic E-state index is 0.0158. The third-order valence-corrected chi connectivity index (χ3v) is 3.18. The van der Waals surface area contributed by atoms with Gasteiger partial charge in [-0.2, -0.15) is 0 Å². The fourth-order valence-electron chi connectivity index (χ4n) is 2.22. The van der Waals surface area contributed by atoms with Crippen molar-refractivity contribution in [3.8, 4) is 0 Å². The number of carbonyl (C=O) groups excluding carboxylic acids is 1. The summed E-state index contributed by atoms with van der Waals surface area (Å²) < 4.78 is 10.7. The Kier molecular flexibility index (Phi) is 4.15. The maximum Gasteiger partial charge on any atom is 0.252 e. The van der Waals surface area contributed by atoms with Gasteiger partial charge in [-0.1, -0.05) is 0 Å². The van der Waals surface area contributed by atoms with Gasteiger partial charge in [-0.25, -0.2) is 0 Å². The molecule has 5 heteroatoms. The number of nitrogens with zero attached hydrogens (tertiary/aromatic N) is 1. The Morgan fingerprint density at radius 1 is 1.38 bits per heavy atom. The van der Waals surface area contributed by atoms with E-state index in [0.717, 1.165) is 19.3 Å². The van der Waals surface area contributed by atoms with Crippen LogP contribution >= 0.6 is 0 Å². The first-order chi connectivity index (χ1) is 7.83. The van der Waals surface area contributed by atoms with Gasteiger partial charge >= 0.3 is 0 Å². The lowest BCUT2D eigenvalue weighted by Crippen LogP contribution is -2.54. The molecule has 0 aromatic heterocycles. The van der Waals surface area contributed by atoms with E-state index < -0.39 is 0 Å². The van der Waals surface area contributed by atoms with Gasteiger partial charge in [0, 0.05) is 13.2 Å². The number of carbonyl (C=O) groups is 1. The van der Waals surface area contributed by atoms with Crippen LogP contribution in [0, 0.1) is 0 Å². The highest BCUT2D eigenvalue weighted by Gasteiger charge is 2.32. The quantitative estimate of drug-likeness (QED) is 0.711.